The molecule has 0 aliphatic carbocycles. The molecular formula is C33H65NO2. The van der Waals surface area contributed by atoms with E-state index in [-0.39, 0.29) is 0 Å². The Morgan fingerprint density at radius 1 is 0.500 bits per heavy atom. The van der Waals surface area contributed by atoms with Gasteiger partial charge in [0.1, 0.15) is 0 Å². The van der Waals surface area contributed by atoms with Crippen LogP contribution in [0.25, 0.3) is 0 Å². The highest BCUT2D eigenvalue weighted by molar-refractivity contribution is 4.92. The number of hydrogen-bond donors (Lipinski definition) is 0. The summed E-state index contributed by atoms with van der Waals surface area (Å²) in [5, 5.41) is 0. The molecule has 0 amide bonds. The maximum absolute atomic E-state index is 5.96. The van der Waals surface area contributed by atoms with Gasteiger partial charge < -0.3 is 14.4 Å². The van der Waals surface area contributed by atoms with Gasteiger partial charge in [-0.25, -0.2) is 0 Å². The first-order valence-electron chi connectivity index (χ1n) is 15.8. The quantitative estimate of drug-likeness (QED) is 0.0742. The van der Waals surface area contributed by atoms with Crippen molar-refractivity contribution in [1.82, 2.24) is 4.90 Å². The van der Waals surface area contributed by atoms with Crippen molar-refractivity contribution in [3.8, 4) is 0 Å². The topological polar surface area (TPSA) is 21.7 Å². The first-order valence-corrected chi connectivity index (χ1v) is 15.8. The van der Waals surface area contributed by atoms with Gasteiger partial charge in [0.25, 0.3) is 0 Å². The zero-order chi connectivity index (χ0) is 26.4. The van der Waals surface area contributed by atoms with E-state index < -0.39 is 0 Å². The largest absolute Gasteiger partial charge is 0.380 e. The number of rotatable bonds is 29. The van der Waals surface area contributed by atoms with Crippen molar-refractivity contribution < 1.29 is 9.47 Å². The molecular weight excluding hydrogens is 442 g/mol. The Hall–Kier alpha value is -0.640. The Balaban J connectivity index is 3.35. The minimum absolute atomic E-state index is 0.370. The molecule has 0 bridgehead atoms. The molecule has 0 aliphatic rings. The highest BCUT2D eigenvalue weighted by Crippen LogP contribution is 2.12. The van der Waals surface area contributed by atoms with Crippen molar-refractivity contribution in [3.05, 3.63) is 24.3 Å². The van der Waals surface area contributed by atoms with Gasteiger partial charge in [-0.05, 0) is 59.0 Å². The van der Waals surface area contributed by atoms with Gasteiger partial charge in [0, 0.05) is 13.2 Å². The summed E-state index contributed by atoms with van der Waals surface area (Å²) >= 11 is 0. The lowest BCUT2D eigenvalue weighted by molar-refractivity contribution is 0.0198. The molecule has 0 radical (unpaired) electrons. The summed E-state index contributed by atoms with van der Waals surface area (Å²) < 4.78 is 11.8. The molecule has 3 heteroatoms. The summed E-state index contributed by atoms with van der Waals surface area (Å²) in [5.74, 6) is 0. The van der Waals surface area contributed by atoms with Crippen LogP contribution in [0.15, 0.2) is 24.3 Å². The highest BCUT2D eigenvalue weighted by Gasteiger charge is 2.11. The number of likely N-dealkylation sites (N-methyl/N-ethyl adjacent to an activating group) is 1. The molecule has 0 aromatic rings. The summed E-state index contributed by atoms with van der Waals surface area (Å²) in [7, 11) is 4.25. The van der Waals surface area contributed by atoms with Crippen LogP contribution >= 0.6 is 0 Å². The van der Waals surface area contributed by atoms with Gasteiger partial charge in [-0.3, -0.25) is 0 Å². The van der Waals surface area contributed by atoms with Crippen molar-refractivity contribution >= 4 is 0 Å². The summed E-state index contributed by atoms with van der Waals surface area (Å²) in [6.07, 6.45) is 35.8. The molecule has 0 spiro atoms. The van der Waals surface area contributed by atoms with Gasteiger partial charge >= 0.3 is 0 Å². The first kappa shape index (κ1) is 35.4. The van der Waals surface area contributed by atoms with E-state index >= 15 is 0 Å². The smallest absolute Gasteiger partial charge is 0.0644 e. The molecule has 0 heterocycles. The number of unbranched alkanes of at least 4 members (excludes halogenated alkanes) is 16. The Labute approximate surface area is 227 Å². The van der Waals surface area contributed by atoms with Crippen molar-refractivity contribution in [2.24, 2.45) is 0 Å². The normalized spacial score (nSPS) is 13.0. The lowest BCUT2D eigenvalue weighted by Crippen LogP contribution is -2.37. The van der Waals surface area contributed by atoms with Crippen LogP contribution in [0.3, 0.4) is 0 Å². The average molecular weight is 508 g/mol. The third-order valence-electron chi connectivity index (χ3n) is 6.98. The fraction of sp³-hybridized carbons (Fsp3) is 0.879. The number of hydrogen-bond acceptors (Lipinski definition) is 3. The van der Waals surface area contributed by atoms with Crippen LogP contribution < -0.4 is 0 Å². The van der Waals surface area contributed by atoms with Gasteiger partial charge in [-0.2, -0.15) is 0 Å². The third kappa shape index (κ3) is 27.9. The SMILES string of the molecule is CCCCC/C=C\C/C=C\CCCCCCCCCCCCOC[C@H](COCCCCCC)N(C)C. The van der Waals surface area contributed by atoms with Gasteiger partial charge in [0.15, 0.2) is 0 Å². The van der Waals surface area contributed by atoms with Crippen molar-refractivity contribution in [3.63, 3.8) is 0 Å². The van der Waals surface area contributed by atoms with Gasteiger partial charge in [0.2, 0.25) is 0 Å². The summed E-state index contributed by atoms with van der Waals surface area (Å²) in [4.78, 5) is 2.23. The molecule has 0 N–H and O–H groups in total. The summed E-state index contributed by atoms with van der Waals surface area (Å²) in [5.41, 5.74) is 0. The van der Waals surface area contributed by atoms with Crippen LogP contribution in [0.2, 0.25) is 0 Å². The van der Waals surface area contributed by atoms with Crippen molar-refractivity contribution in [2.75, 3.05) is 40.5 Å². The van der Waals surface area contributed by atoms with Crippen molar-refractivity contribution in [1.29, 1.82) is 0 Å². The molecule has 0 aromatic carbocycles. The van der Waals surface area contributed by atoms with Crippen LogP contribution in [-0.4, -0.2) is 51.5 Å². The van der Waals surface area contributed by atoms with Crippen LogP contribution in [0.4, 0.5) is 0 Å². The molecule has 0 aromatic heterocycles. The molecule has 1 atom stereocenters. The van der Waals surface area contributed by atoms with E-state index in [4.69, 9.17) is 9.47 Å². The number of ether oxygens (including phenoxy) is 2. The van der Waals surface area contributed by atoms with Gasteiger partial charge in [0.05, 0.1) is 19.3 Å². The van der Waals surface area contributed by atoms with E-state index in [0.717, 1.165) is 32.8 Å². The van der Waals surface area contributed by atoms with E-state index in [9.17, 15) is 0 Å². The zero-order valence-electron chi connectivity index (χ0n) is 25.1. The van der Waals surface area contributed by atoms with Crippen LogP contribution in [0.1, 0.15) is 142 Å². The van der Waals surface area contributed by atoms with E-state index in [0.29, 0.717) is 6.04 Å². The lowest BCUT2D eigenvalue weighted by atomic mass is 10.1. The van der Waals surface area contributed by atoms with Crippen LogP contribution in [0.5, 0.6) is 0 Å². The molecule has 0 rings (SSSR count). The fourth-order valence-corrected chi connectivity index (χ4v) is 4.32. The van der Waals surface area contributed by atoms with E-state index in [2.05, 4.69) is 57.1 Å². The standard InChI is InChI=1S/C33H65NO2/c1-5-7-9-11-12-13-14-15-16-17-18-19-20-21-22-23-24-25-26-28-30-36-32-33(34(3)4)31-35-29-27-10-8-6-2/h12-13,15-16,33H,5-11,14,17-32H2,1-4H3/b13-12-,16-15-/t33-/m0/s1. The fourth-order valence-electron chi connectivity index (χ4n) is 4.32. The first-order chi connectivity index (χ1) is 17.7. The third-order valence-corrected chi connectivity index (χ3v) is 6.98. The maximum atomic E-state index is 5.96. The summed E-state index contributed by atoms with van der Waals surface area (Å²) in [6, 6.07) is 0.370. The Morgan fingerprint density at radius 3 is 1.36 bits per heavy atom. The maximum Gasteiger partial charge on any atom is 0.0644 e. The molecule has 214 valence electrons. The van der Waals surface area contributed by atoms with Crippen LogP contribution in [-0.2, 0) is 9.47 Å². The second kappa shape index (κ2) is 30.6. The molecule has 0 saturated heterocycles. The lowest BCUT2D eigenvalue weighted by Gasteiger charge is -2.24. The van der Waals surface area contributed by atoms with E-state index in [1.807, 2.05) is 0 Å². The molecule has 36 heavy (non-hydrogen) atoms. The van der Waals surface area contributed by atoms with Gasteiger partial charge in [-0.15, -0.1) is 0 Å². The number of nitrogens with zero attached hydrogens (tertiary/aromatic N) is 1. The summed E-state index contributed by atoms with van der Waals surface area (Å²) in [6.45, 7) is 7.87. The Morgan fingerprint density at radius 2 is 0.889 bits per heavy atom. The predicted molar refractivity (Wildman–Crippen MR) is 161 cm³/mol. The second-order valence-electron chi connectivity index (χ2n) is 10.8. The highest BCUT2D eigenvalue weighted by atomic mass is 16.5. The molecule has 0 unspecified atom stereocenters. The number of allylic oxidation sites excluding steroid dienone is 4. The minimum Gasteiger partial charge on any atom is -0.380 e. The molecule has 0 saturated carbocycles. The molecule has 0 aliphatic heterocycles. The van der Waals surface area contributed by atoms with Crippen molar-refractivity contribution in [2.45, 2.75) is 148 Å². The Bertz CT molecular complexity index is 461. The zero-order valence-corrected chi connectivity index (χ0v) is 25.1. The molecule has 3 nitrogen and oxygen atoms in total. The molecule has 0 fully saturated rings. The predicted octanol–water partition coefficient (Wildman–Crippen LogP) is 9.90. The van der Waals surface area contributed by atoms with Crippen LogP contribution in [0, 0.1) is 0 Å². The minimum atomic E-state index is 0.370. The average Bonchev–Trinajstić information content (AvgIpc) is 2.87. The second-order valence-corrected chi connectivity index (χ2v) is 10.8. The Kier molecular flexibility index (Phi) is 30.0. The van der Waals surface area contributed by atoms with E-state index in [1.54, 1.807) is 0 Å². The monoisotopic (exact) mass is 508 g/mol. The van der Waals surface area contributed by atoms with Gasteiger partial charge in [-0.1, -0.05) is 122 Å². The van der Waals surface area contributed by atoms with E-state index in [1.165, 1.54) is 122 Å².